The van der Waals surface area contributed by atoms with Crippen molar-refractivity contribution < 1.29 is 19.0 Å². The molecule has 0 saturated carbocycles. The Morgan fingerprint density at radius 1 is 1.27 bits per heavy atom. The van der Waals surface area contributed by atoms with E-state index in [1.807, 2.05) is 12.1 Å². The third-order valence-electron chi connectivity index (χ3n) is 3.88. The standard InChI is InChI=1S/C18H22N4O4/c1-24-14-3-2-4-15(11-14)26-13-18(23)20-12-16-19-6-5-17(21-16)22-7-9-25-10-8-22/h2-6,11H,7-10,12-13H2,1H3,(H,20,23). The molecule has 2 aromatic rings. The third kappa shape index (κ3) is 5.06. The first-order valence-corrected chi connectivity index (χ1v) is 8.43. The first-order chi connectivity index (χ1) is 12.7. The number of hydrogen-bond acceptors (Lipinski definition) is 7. The van der Waals surface area contributed by atoms with Crippen LogP contribution in [0.15, 0.2) is 36.5 Å². The molecule has 0 radical (unpaired) electrons. The van der Waals surface area contributed by atoms with Crippen LogP contribution in [-0.4, -0.2) is 55.9 Å². The minimum Gasteiger partial charge on any atom is -0.497 e. The maximum Gasteiger partial charge on any atom is 0.258 e. The van der Waals surface area contributed by atoms with Crippen LogP contribution in [0.5, 0.6) is 11.5 Å². The molecule has 3 rings (SSSR count). The lowest BCUT2D eigenvalue weighted by molar-refractivity contribution is -0.123. The van der Waals surface area contributed by atoms with E-state index < -0.39 is 0 Å². The Bertz CT molecular complexity index is 735. The van der Waals surface area contributed by atoms with E-state index in [1.54, 1.807) is 31.5 Å². The van der Waals surface area contributed by atoms with Crippen LogP contribution in [0, 0.1) is 0 Å². The van der Waals surface area contributed by atoms with Crippen molar-refractivity contribution in [3.8, 4) is 11.5 Å². The Morgan fingerprint density at radius 2 is 2.08 bits per heavy atom. The van der Waals surface area contributed by atoms with Gasteiger partial charge < -0.3 is 24.4 Å². The fourth-order valence-corrected chi connectivity index (χ4v) is 2.51. The van der Waals surface area contributed by atoms with Gasteiger partial charge in [-0.1, -0.05) is 6.07 Å². The molecule has 0 unspecified atom stereocenters. The van der Waals surface area contributed by atoms with Gasteiger partial charge in [0.2, 0.25) is 0 Å². The zero-order chi connectivity index (χ0) is 18.2. The summed E-state index contributed by atoms with van der Waals surface area (Å²) in [6, 6.07) is 8.97. The Kier molecular flexibility index (Phi) is 6.21. The van der Waals surface area contributed by atoms with Gasteiger partial charge in [-0.25, -0.2) is 9.97 Å². The number of amides is 1. The number of carbonyl (C=O) groups is 1. The minimum atomic E-state index is -0.242. The summed E-state index contributed by atoms with van der Waals surface area (Å²) in [4.78, 5) is 22.8. The fraction of sp³-hybridized carbons (Fsp3) is 0.389. The summed E-state index contributed by atoms with van der Waals surface area (Å²) >= 11 is 0. The molecule has 0 aliphatic carbocycles. The molecule has 26 heavy (non-hydrogen) atoms. The number of ether oxygens (including phenoxy) is 3. The number of methoxy groups -OCH3 is 1. The van der Waals surface area contributed by atoms with Crippen LogP contribution >= 0.6 is 0 Å². The normalized spacial score (nSPS) is 14.0. The van der Waals surface area contributed by atoms with Crippen LogP contribution in [0.3, 0.4) is 0 Å². The largest absolute Gasteiger partial charge is 0.497 e. The number of nitrogens with one attached hydrogen (secondary N) is 1. The van der Waals surface area contributed by atoms with Crippen LogP contribution in [0.1, 0.15) is 5.82 Å². The fourth-order valence-electron chi connectivity index (χ4n) is 2.51. The number of benzene rings is 1. The summed E-state index contributed by atoms with van der Waals surface area (Å²) in [5.41, 5.74) is 0. The molecule has 1 aliphatic rings. The summed E-state index contributed by atoms with van der Waals surface area (Å²) in [6.45, 7) is 3.15. The van der Waals surface area contributed by atoms with Gasteiger partial charge in [-0.15, -0.1) is 0 Å². The quantitative estimate of drug-likeness (QED) is 0.791. The highest BCUT2D eigenvalue weighted by atomic mass is 16.5. The van der Waals surface area contributed by atoms with Crippen molar-refractivity contribution in [2.75, 3.05) is 44.9 Å². The molecule has 1 aromatic heterocycles. The van der Waals surface area contributed by atoms with Crippen LogP contribution in [0.4, 0.5) is 5.82 Å². The molecule has 1 N–H and O–H groups in total. The van der Waals surface area contributed by atoms with Crippen molar-refractivity contribution in [3.63, 3.8) is 0 Å². The highest BCUT2D eigenvalue weighted by Crippen LogP contribution is 2.18. The highest BCUT2D eigenvalue weighted by Gasteiger charge is 2.13. The maximum absolute atomic E-state index is 12.0. The average Bonchev–Trinajstić information content (AvgIpc) is 2.72. The topological polar surface area (TPSA) is 85.8 Å². The zero-order valence-corrected chi connectivity index (χ0v) is 14.7. The van der Waals surface area contributed by atoms with Gasteiger partial charge in [-0.2, -0.15) is 0 Å². The molecular weight excluding hydrogens is 336 g/mol. The molecular formula is C18H22N4O4. The van der Waals surface area contributed by atoms with E-state index in [2.05, 4.69) is 20.2 Å². The third-order valence-corrected chi connectivity index (χ3v) is 3.88. The Morgan fingerprint density at radius 3 is 2.88 bits per heavy atom. The molecule has 1 amide bonds. The second-order valence-corrected chi connectivity index (χ2v) is 5.67. The van der Waals surface area contributed by atoms with E-state index in [-0.39, 0.29) is 19.1 Å². The van der Waals surface area contributed by atoms with Gasteiger partial charge in [0.05, 0.1) is 26.9 Å². The number of morpholine rings is 1. The average molecular weight is 358 g/mol. The smallest absolute Gasteiger partial charge is 0.258 e. The predicted octanol–water partition coefficient (Wildman–Crippen LogP) is 1.02. The number of rotatable bonds is 7. The lowest BCUT2D eigenvalue weighted by atomic mass is 10.3. The molecule has 8 nitrogen and oxygen atoms in total. The van der Waals surface area contributed by atoms with Crippen molar-refractivity contribution >= 4 is 11.7 Å². The Hall–Kier alpha value is -2.87. The number of nitrogens with zero attached hydrogens (tertiary/aromatic N) is 3. The van der Waals surface area contributed by atoms with E-state index in [0.717, 1.165) is 18.9 Å². The predicted molar refractivity (Wildman–Crippen MR) is 95.4 cm³/mol. The maximum atomic E-state index is 12.0. The van der Waals surface area contributed by atoms with Gasteiger partial charge in [0, 0.05) is 25.4 Å². The van der Waals surface area contributed by atoms with E-state index >= 15 is 0 Å². The van der Waals surface area contributed by atoms with Gasteiger partial charge in [0.15, 0.2) is 6.61 Å². The molecule has 0 spiro atoms. The van der Waals surface area contributed by atoms with E-state index in [1.165, 1.54) is 0 Å². The van der Waals surface area contributed by atoms with Crippen molar-refractivity contribution in [3.05, 3.63) is 42.4 Å². The van der Waals surface area contributed by atoms with Crippen molar-refractivity contribution in [2.24, 2.45) is 0 Å². The molecule has 8 heteroatoms. The molecule has 1 aliphatic heterocycles. The molecule has 1 aromatic carbocycles. The van der Waals surface area contributed by atoms with Crippen molar-refractivity contribution in [1.29, 1.82) is 0 Å². The molecule has 138 valence electrons. The monoisotopic (exact) mass is 358 g/mol. The zero-order valence-electron chi connectivity index (χ0n) is 14.7. The van der Waals surface area contributed by atoms with Gasteiger partial charge >= 0.3 is 0 Å². The first-order valence-electron chi connectivity index (χ1n) is 8.43. The van der Waals surface area contributed by atoms with E-state index in [4.69, 9.17) is 14.2 Å². The van der Waals surface area contributed by atoms with Crippen LogP contribution in [0.25, 0.3) is 0 Å². The number of aromatic nitrogens is 2. The van der Waals surface area contributed by atoms with Gasteiger partial charge in [0.25, 0.3) is 5.91 Å². The number of anilines is 1. The molecule has 1 fully saturated rings. The highest BCUT2D eigenvalue weighted by molar-refractivity contribution is 5.77. The SMILES string of the molecule is COc1cccc(OCC(=O)NCc2nccc(N3CCOCC3)n2)c1. The summed E-state index contributed by atoms with van der Waals surface area (Å²) in [5, 5.41) is 2.76. The van der Waals surface area contributed by atoms with Crippen LogP contribution < -0.4 is 19.7 Å². The lowest BCUT2D eigenvalue weighted by Crippen LogP contribution is -2.37. The summed E-state index contributed by atoms with van der Waals surface area (Å²) in [6.07, 6.45) is 1.70. The van der Waals surface area contributed by atoms with Gasteiger partial charge in [-0.3, -0.25) is 4.79 Å². The minimum absolute atomic E-state index is 0.0870. The van der Waals surface area contributed by atoms with E-state index in [9.17, 15) is 4.79 Å². The molecule has 0 atom stereocenters. The second-order valence-electron chi connectivity index (χ2n) is 5.67. The lowest BCUT2D eigenvalue weighted by Gasteiger charge is -2.27. The van der Waals surface area contributed by atoms with Gasteiger partial charge in [0.1, 0.15) is 23.1 Å². The number of carbonyl (C=O) groups excluding carboxylic acids is 1. The van der Waals surface area contributed by atoms with Crippen molar-refractivity contribution in [1.82, 2.24) is 15.3 Å². The van der Waals surface area contributed by atoms with Crippen LogP contribution in [-0.2, 0) is 16.1 Å². The molecule has 2 heterocycles. The Balaban J connectivity index is 1.48. The van der Waals surface area contributed by atoms with E-state index in [0.29, 0.717) is 30.5 Å². The van der Waals surface area contributed by atoms with Crippen LogP contribution in [0.2, 0.25) is 0 Å². The first kappa shape index (κ1) is 17.9. The van der Waals surface area contributed by atoms with Crippen molar-refractivity contribution in [2.45, 2.75) is 6.54 Å². The van der Waals surface area contributed by atoms with Gasteiger partial charge in [-0.05, 0) is 18.2 Å². The summed E-state index contributed by atoms with van der Waals surface area (Å²) < 4.78 is 15.9. The second kappa shape index (κ2) is 9.00. The molecule has 0 bridgehead atoms. The number of hydrogen-bond donors (Lipinski definition) is 1. The summed E-state index contributed by atoms with van der Waals surface area (Å²) in [7, 11) is 1.58. The molecule has 1 saturated heterocycles. The Labute approximate surface area is 152 Å². The summed E-state index contributed by atoms with van der Waals surface area (Å²) in [5.74, 6) is 2.42.